The van der Waals surface area contributed by atoms with Crippen LogP contribution in [0.3, 0.4) is 0 Å². The maximum atomic E-state index is 6.33. The molecule has 0 amide bonds. The first kappa shape index (κ1) is 15.3. The molecule has 3 unspecified atom stereocenters. The molecule has 2 rings (SSSR count). The minimum Gasteiger partial charge on any atom is -0.329 e. The van der Waals surface area contributed by atoms with E-state index in [0.717, 1.165) is 24.4 Å². The van der Waals surface area contributed by atoms with Gasteiger partial charge in [-0.15, -0.1) is 0 Å². The van der Waals surface area contributed by atoms with Gasteiger partial charge in [0.2, 0.25) is 0 Å². The zero-order valence-electron chi connectivity index (χ0n) is 13.3. The second kappa shape index (κ2) is 6.58. The quantitative estimate of drug-likeness (QED) is 0.838. The molecule has 3 atom stereocenters. The van der Waals surface area contributed by atoms with E-state index in [0.29, 0.717) is 0 Å². The van der Waals surface area contributed by atoms with Gasteiger partial charge in [0.1, 0.15) is 0 Å². The second-order valence-corrected chi connectivity index (χ2v) is 7.17. The molecule has 0 aromatic heterocycles. The molecule has 0 radical (unpaired) electrons. The van der Waals surface area contributed by atoms with Crippen molar-refractivity contribution in [1.82, 2.24) is 4.90 Å². The Bertz CT molecular complexity index is 272. The fourth-order valence-electron chi connectivity index (χ4n) is 4.84. The molecule has 0 heterocycles. The van der Waals surface area contributed by atoms with Gasteiger partial charge in [-0.25, -0.2) is 0 Å². The summed E-state index contributed by atoms with van der Waals surface area (Å²) in [7, 11) is 0. The summed E-state index contributed by atoms with van der Waals surface area (Å²) in [6.07, 6.45) is 11.2. The molecule has 0 bridgehead atoms. The van der Waals surface area contributed by atoms with E-state index < -0.39 is 0 Å². The number of nitrogens with two attached hydrogens (primary N) is 1. The Morgan fingerprint density at radius 2 is 1.74 bits per heavy atom. The van der Waals surface area contributed by atoms with Crippen LogP contribution in [0.2, 0.25) is 0 Å². The Morgan fingerprint density at radius 1 is 1.05 bits per heavy atom. The van der Waals surface area contributed by atoms with E-state index in [1.165, 1.54) is 57.9 Å². The van der Waals surface area contributed by atoms with Crippen molar-refractivity contribution in [3.05, 3.63) is 0 Å². The molecule has 0 aliphatic heterocycles. The van der Waals surface area contributed by atoms with Crippen LogP contribution in [0.15, 0.2) is 0 Å². The zero-order chi connectivity index (χ0) is 13.9. The third-order valence-electron chi connectivity index (χ3n) is 5.99. The Morgan fingerprint density at radius 3 is 2.32 bits per heavy atom. The molecular weight excluding hydrogens is 232 g/mol. The lowest BCUT2D eigenvalue weighted by atomic mass is 9.67. The highest BCUT2D eigenvalue weighted by Gasteiger charge is 2.45. The van der Waals surface area contributed by atoms with E-state index in [9.17, 15) is 0 Å². The van der Waals surface area contributed by atoms with Crippen LogP contribution in [0.1, 0.15) is 72.1 Å². The van der Waals surface area contributed by atoms with Gasteiger partial charge in [-0.3, -0.25) is 4.90 Å². The third kappa shape index (κ3) is 3.00. The highest BCUT2D eigenvalue weighted by atomic mass is 15.2. The second-order valence-electron chi connectivity index (χ2n) is 7.17. The summed E-state index contributed by atoms with van der Waals surface area (Å²) in [4.78, 5) is 2.83. The molecule has 0 saturated heterocycles. The minimum absolute atomic E-state index is 0.286. The number of hydrogen-bond donors (Lipinski definition) is 1. The largest absolute Gasteiger partial charge is 0.329 e. The summed E-state index contributed by atoms with van der Waals surface area (Å²) in [5.41, 5.74) is 6.62. The van der Waals surface area contributed by atoms with Crippen molar-refractivity contribution in [2.45, 2.75) is 83.7 Å². The van der Waals surface area contributed by atoms with Crippen LogP contribution < -0.4 is 5.73 Å². The molecule has 2 aliphatic carbocycles. The third-order valence-corrected chi connectivity index (χ3v) is 5.99. The van der Waals surface area contributed by atoms with Crippen LogP contribution in [-0.2, 0) is 0 Å². The van der Waals surface area contributed by atoms with Crippen LogP contribution in [0.5, 0.6) is 0 Å². The number of hydrogen-bond acceptors (Lipinski definition) is 2. The first-order chi connectivity index (χ1) is 9.14. The lowest BCUT2D eigenvalue weighted by molar-refractivity contribution is -0.0382. The van der Waals surface area contributed by atoms with Gasteiger partial charge in [0, 0.05) is 18.1 Å². The van der Waals surface area contributed by atoms with Gasteiger partial charge >= 0.3 is 0 Å². The van der Waals surface area contributed by atoms with Gasteiger partial charge < -0.3 is 5.73 Å². The van der Waals surface area contributed by atoms with E-state index in [1.54, 1.807) is 0 Å². The van der Waals surface area contributed by atoms with Gasteiger partial charge in [0.25, 0.3) is 0 Å². The fourth-order valence-corrected chi connectivity index (χ4v) is 4.84. The maximum absolute atomic E-state index is 6.33. The SMILES string of the molecule is CCN(C1CCCCC1)C1(CN)CC(C)CCC1C. The number of likely N-dealkylation sites (N-methyl/N-ethyl adjacent to an activating group) is 1. The molecule has 2 nitrogen and oxygen atoms in total. The highest BCUT2D eigenvalue weighted by Crippen LogP contribution is 2.43. The Balaban J connectivity index is 2.19. The topological polar surface area (TPSA) is 29.3 Å². The Kier molecular flexibility index (Phi) is 5.30. The number of nitrogens with zero attached hydrogens (tertiary/aromatic N) is 1. The summed E-state index contributed by atoms with van der Waals surface area (Å²) in [5.74, 6) is 1.60. The van der Waals surface area contributed by atoms with Gasteiger partial charge in [-0.2, -0.15) is 0 Å². The van der Waals surface area contributed by atoms with Gasteiger partial charge in [0.15, 0.2) is 0 Å². The van der Waals surface area contributed by atoms with E-state index in [-0.39, 0.29) is 5.54 Å². The van der Waals surface area contributed by atoms with Crippen molar-refractivity contribution in [2.75, 3.05) is 13.1 Å². The lowest BCUT2D eigenvalue weighted by Crippen LogP contribution is -2.63. The van der Waals surface area contributed by atoms with Gasteiger partial charge in [-0.05, 0) is 44.1 Å². The van der Waals surface area contributed by atoms with Crippen molar-refractivity contribution in [3.63, 3.8) is 0 Å². The lowest BCUT2D eigenvalue weighted by Gasteiger charge is -2.55. The van der Waals surface area contributed by atoms with Crippen LogP contribution in [0, 0.1) is 11.8 Å². The van der Waals surface area contributed by atoms with Crippen molar-refractivity contribution in [3.8, 4) is 0 Å². The van der Waals surface area contributed by atoms with Crippen molar-refractivity contribution in [2.24, 2.45) is 17.6 Å². The number of rotatable bonds is 4. The van der Waals surface area contributed by atoms with E-state index >= 15 is 0 Å². The Labute approximate surface area is 120 Å². The molecule has 2 fully saturated rings. The highest BCUT2D eigenvalue weighted by molar-refractivity contribution is 5.02. The van der Waals surface area contributed by atoms with Gasteiger partial charge in [-0.1, -0.05) is 46.5 Å². The predicted molar refractivity (Wildman–Crippen MR) is 83.2 cm³/mol. The first-order valence-corrected chi connectivity index (χ1v) is 8.61. The first-order valence-electron chi connectivity index (χ1n) is 8.61. The van der Waals surface area contributed by atoms with Crippen LogP contribution in [0.25, 0.3) is 0 Å². The standard InChI is InChI=1S/C17H34N2/c1-4-19(16-8-6-5-7-9-16)17(13-18)12-14(2)10-11-15(17)3/h14-16H,4-13,18H2,1-3H3. The predicted octanol–water partition coefficient (Wildman–Crippen LogP) is 3.79. The van der Waals surface area contributed by atoms with Crippen molar-refractivity contribution >= 4 is 0 Å². The monoisotopic (exact) mass is 266 g/mol. The van der Waals surface area contributed by atoms with Crippen LogP contribution in [-0.4, -0.2) is 29.6 Å². The summed E-state index contributed by atoms with van der Waals surface area (Å²) in [5, 5.41) is 0. The van der Waals surface area contributed by atoms with Crippen molar-refractivity contribution < 1.29 is 0 Å². The molecular formula is C17H34N2. The molecule has 2 aliphatic rings. The summed E-state index contributed by atoms with van der Waals surface area (Å²) in [6.45, 7) is 9.25. The van der Waals surface area contributed by atoms with Crippen molar-refractivity contribution in [1.29, 1.82) is 0 Å². The molecule has 19 heavy (non-hydrogen) atoms. The molecule has 112 valence electrons. The summed E-state index contributed by atoms with van der Waals surface area (Å²) < 4.78 is 0. The van der Waals surface area contributed by atoms with Crippen LogP contribution >= 0.6 is 0 Å². The van der Waals surface area contributed by atoms with Gasteiger partial charge in [0.05, 0.1) is 0 Å². The molecule has 2 saturated carbocycles. The summed E-state index contributed by atoms with van der Waals surface area (Å²) >= 11 is 0. The molecule has 2 N–H and O–H groups in total. The van der Waals surface area contributed by atoms with E-state index in [1.807, 2.05) is 0 Å². The average molecular weight is 266 g/mol. The molecule has 2 heteroatoms. The van der Waals surface area contributed by atoms with E-state index in [4.69, 9.17) is 5.73 Å². The molecule has 0 aromatic carbocycles. The Hall–Kier alpha value is -0.0800. The van der Waals surface area contributed by atoms with E-state index in [2.05, 4.69) is 25.7 Å². The molecule has 0 aromatic rings. The fraction of sp³-hybridized carbons (Fsp3) is 1.00. The summed E-state index contributed by atoms with van der Waals surface area (Å²) in [6, 6.07) is 0.801. The molecule has 0 spiro atoms. The van der Waals surface area contributed by atoms with Crippen LogP contribution in [0.4, 0.5) is 0 Å². The maximum Gasteiger partial charge on any atom is 0.0362 e. The normalized spacial score (nSPS) is 37.7. The zero-order valence-corrected chi connectivity index (χ0v) is 13.3. The minimum atomic E-state index is 0.286. The average Bonchev–Trinajstić information content (AvgIpc) is 2.44. The smallest absolute Gasteiger partial charge is 0.0362 e.